The average Bonchev–Trinajstić information content (AvgIpc) is 2.53. The lowest BCUT2D eigenvalue weighted by Crippen LogP contribution is -2.47. The molecule has 0 aliphatic heterocycles. The van der Waals surface area contributed by atoms with Gasteiger partial charge in [-0.2, -0.15) is 0 Å². The molecule has 2 aromatic rings. The van der Waals surface area contributed by atoms with Crippen LogP contribution in [0.2, 0.25) is 0 Å². The number of guanidine groups is 1. The Morgan fingerprint density at radius 1 is 1.21 bits per heavy atom. The van der Waals surface area contributed by atoms with Crippen molar-refractivity contribution in [2.24, 2.45) is 4.99 Å². The number of hydrogen-bond donors (Lipinski definition) is 2. The first-order valence-corrected chi connectivity index (χ1v) is 7.73. The van der Waals surface area contributed by atoms with Crippen LogP contribution >= 0.6 is 0 Å². The van der Waals surface area contributed by atoms with Crippen LogP contribution in [0.1, 0.15) is 26.3 Å². The molecule has 6 heteroatoms. The van der Waals surface area contributed by atoms with Gasteiger partial charge < -0.3 is 15.4 Å². The second-order valence-corrected chi connectivity index (χ2v) is 6.36. The summed E-state index contributed by atoms with van der Waals surface area (Å²) in [6.07, 6.45) is 1.68. The minimum Gasteiger partial charge on any atom is -0.439 e. The number of halogens is 1. The van der Waals surface area contributed by atoms with E-state index in [2.05, 4.69) is 41.4 Å². The highest BCUT2D eigenvalue weighted by Gasteiger charge is 2.11. The molecule has 0 atom stereocenters. The standard InChI is InChI=1S/C18H23FN4O/c1-18(2,3)23-17(20-4)22-12-13-9-10-21-16(11-13)24-15-7-5-14(19)6-8-15/h5-11H,12H2,1-4H3,(H2,20,22,23). The summed E-state index contributed by atoms with van der Waals surface area (Å²) in [4.78, 5) is 8.37. The highest BCUT2D eigenvalue weighted by atomic mass is 19.1. The summed E-state index contributed by atoms with van der Waals surface area (Å²) in [6, 6.07) is 9.56. The van der Waals surface area contributed by atoms with Gasteiger partial charge in [-0.1, -0.05) is 0 Å². The number of rotatable bonds is 4. The predicted octanol–water partition coefficient (Wildman–Crippen LogP) is 3.48. The van der Waals surface area contributed by atoms with Crippen molar-refractivity contribution in [1.82, 2.24) is 15.6 Å². The molecule has 0 saturated carbocycles. The van der Waals surface area contributed by atoms with Gasteiger partial charge in [-0.05, 0) is 56.7 Å². The fourth-order valence-electron chi connectivity index (χ4n) is 1.96. The maximum atomic E-state index is 12.9. The van der Waals surface area contributed by atoms with Gasteiger partial charge in [0.1, 0.15) is 11.6 Å². The Bertz CT molecular complexity index is 693. The molecule has 1 heterocycles. The molecule has 0 saturated heterocycles. The molecule has 24 heavy (non-hydrogen) atoms. The largest absolute Gasteiger partial charge is 0.439 e. The molecule has 5 nitrogen and oxygen atoms in total. The minimum absolute atomic E-state index is 0.0725. The van der Waals surface area contributed by atoms with E-state index in [0.717, 1.165) is 11.5 Å². The first-order valence-electron chi connectivity index (χ1n) is 7.73. The third-order valence-electron chi connectivity index (χ3n) is 3.01. The molecule has 0 bridgehead atoms. The van der Waals surface area contributed by atoms with E-state index in [-0.39, 0.29) is 11.4 Å². The molecule has 0 spiro atoms. The van der Waals surface area contributed by atoms with Crippen molar-refractivity contribution in [2.45, 2.75) is 32.9 Å². The van der Waals surface area contributed by atoms with Crippen LogP contribution in [0.3, 0.4) is 0 Å². The monoisotopic (exact) mass is 330 g/mol. The van der Waals surface area contributed by atoms with Gasteiger partial charge >= 0.3 is 0 Å². The van der Waals surface area contributed by atoms with E-state index in [4.69, 9.17) is 4.74 Å². The predicted molar refractivity (Wildman–Crippen MR) is 93.8 cm³/mol. The van der Waals surface area contributed by atoms with Crippen molar-refractivity contribution in [2.75, 3.05) is 7.05 Å². The summed E-state index contributed by atoms with van der Waals surface area (Å²) in [7, 11) is 1.73. The van der Waals surface area contributed by atoms with Gasteiger partial charge in [-0.25, -0.2) is 9.37 Å². The molecule has 0 aliphatic carbocycles. The molecule has 0 unspecified atom stereocenters. The topological polar surface area (TPSA) is 58.5 Å². The molecule has 2 N–H and O–H groups in total. The molecule has 1 aromatic heterocycles. The normalized spacial score (nSPS) is 12.0. The van der Waals surface area contributed by atoms with Crippen LogP contribution in [0.4, 0.5) is 4.39 Å². The van der Waals surface area contributed by atoms with E-state index in [1.54, 1.807) is 25.4 Å². The number of hydrogen-bond acceptors (Lipinski definition) is 3. The van der Waals surface area contributed by atoms with Gasteiger partial charge in [0, 0.05) is 31.4 Å². The fraction of sp³-hybridized carbons (Fsp3) is 0.333. The van der Waals surface area contributed by atoms with Gasteiger partial charge in [0.25, 0.3) is 0 Å². The van der Waals surface area contributed by atoms with Crippen LogP contribution in [0, 0.1) is 5.82 Å². The molecule has 0 fully saturated rings. The lowest BCUT2D eigenvalue weighted by molar-refractivity contribution is 0.460. The maximum Gasteiger partial charge on any atom is 0.219 e. The van der Waals surface area contributed by atoms with Crippen molar-refractivity contribution in [1.29, 1.82) is 0 Å². The number of nitrogens with zero attached hydrogens (tertiary/aromatic N) is 2. The van der Waals surface area contributed by atoms with Crippen molar-refractivity contribution in [3.8, 4) is 11.6 Å². The number of nitrogens with one attached hydrogen (secondary N) is 2. The van der Waals surface area contributed by atoms with Gasteiger partial charge in [0.2, 0.25) is 5.88 Å². The maximum absolute atomic E-state index is 12.9. The third kappa shape index (κ3) is 5.87. The van der Waals surface area contributed by atoms with Crippen molar-refractivity contribution < 1.29 is 9.13 Å². The molecule has 1 aromatic carbocycles. The van der Waals surface area contributed by atoms with E-state index in [9.17, 15) is 4.39 Å². The van der Waals surface area contributed by atoms with Crippen LogP contribution in [0.5, 0.6) is 11.6 Å². The Morgan fingerprint density at radius 2 is 1.92 bits per heavy atom. The number of ether oxygens (including phenoxy) is 1. The second-order valence-electron chi connectivity index (χ2n) is 6.36. The molecular weight excluding hydrogens is 307 g/mol. The Kier molecular flexibility index (Phi) is 5.73. The zero-order valence-electron chi connectivity index (χ0n) is 14.4. The summed E-state index contributed by atoms with van der Waals surface area (Å²) in [6.45, 7) is 6.79. The smallest absolute Gasteiger partial charge is 0.219 e. The zero-order valence-corrected chi connectivity index (χ0v) is 14.4. The first-order chi connectivity index (χ1) is 11.4. The summed E-state index contributed by atoms with van der Waals surface area (Å²) < 4.78 is 18.6. The molecule has 0 aliphatic rings. The zero-order chi connectivity index (χ0) is 17.6. The Hall–Kier alpha value is -2.63. The van der Waals surface area contributed by atoms with Crippen LogP contribution in [-0.4, -0.2) is 23.5 Å². The third-order valence-corrected chi connectivity index (χ3v) is 3.01. The quantitative estimate of drug-likeness (QED) is 0.666. The van der Waals surface area contributed by atoms with E-state index in [0.29, 0.717) is 18.2 Å². The fourth-order valence-corrected chi connectivity index (χ4v) is 1.96. The lowest BCUT2D eigenvalue weighted by atomic mass is 10.1. The molecule has 0 amide bonds. The van der Waals surface area contributed by atoms with Crippen LogP contribution < -0.4 is 15.4 Å². The summed E-state index contributed by atoms with van der Waals surface area (Å²) in [5.74, 6) is 1.42. The van der Waals surface area contributed by atoms with E-state index in [1.807, 2.05) is 12.1 Å². The first kappa shape index (κ1) is 17.7. The van der Waals surface area contributed by atoms with Gasteiger partial charge in [-0.3, -0.25) is 4.99 Å². The molecular formula is C18H23FN4O. The molecule has 2 rings (SSSR count). The SMILES string of the molecule is CN=C(NCc1ccnc(Oc2ccc(F)cc2)c1)NC(C)(C)C. The van der Waals surface area contributed by atoms with Gasteiger partial charge in [0.15, 0.2) is 5.96 Å². The van der Waals surface area contributed by atoms with Crippen molar-refractivity contribution >= 4 is 5.96 Å². The van der Waals surface area contributed by atoms with E-state index >= 15 is 0 Å². The highest BCUT2D eigenvalue weighted by Crippen LogP contribution is 2.20. The molecule has 128 valence electrons. The van der Waals surface area contributed by atoms with Crippen molar-refractivity contribution in [3.05, 3.63) is 54.0 Å². The Balaban J connectivity index is 1.98. The summed E-state index contributed by atoms with van der Waals surface area (Å²) in [5.41, 5.74) is 0.927. The number of pyridine rings is 1. The second kappa shape index (κ2) is 7.77. The summed E-state index contributed by atoms with van der Waals surface area (Å²) >= 11 is 0. The minimum atomic E-state index is -0.300. The van der Waals surface area contributed by atoms with Crippen molar-refractivity contribution in [3.63, 3.8) is 0 Å². The molecule has 0 radical (unpaired) electrons. The summed E-state index contributed by atoms with van der Waals surface area (Å²) in [5, 5.41) is 6.54. The van der Waals surface area contributed by atoms with Crippen LogP contribution in [-0.2, 0) is 6.54 Å². The highest BCUT2D eigenvalue weighted by molar-refractivity contribution is 5.80. The van der Waals surface area contributed by atoms with Gasteiger partial charge in [-0.15, -0.1) is 0 Å². The lowest BCUT2D eigenvalue weighted by Gasteiger charge is -2.23. The van der Waals surface area contributed by atoms with Crippen LogP contribution in [0.25, 0.3) is 0 Å². The average molecular weight is 330 g/mol. The number of benzene rings is 1. The number of aromatic nitrogens is 1. The number of aliphatic imine (C=N–C) groups is 1. The Morgan fingerprint density at radius 3 is 2.54 bits per heavy atom. The van der Waals surface area contributed by atoms with E-state index < -0.39 is 0 Å². The van der Waals surface area contributed by atoms with Gasteiger partial charge in [0.05, 0.1) is 0 Å². The Labute approximate surface area is 142 Å². The van der Waals surface area contributed by atoms with E-state index in [1.165, 1.54) is 12.1 Å². The van der Waals surface area contributed by atoms with Crippen LogP contribution in [0.15, 0.2) is 47.6 Å².